The van der Waals surface area contributed by atoms with E-state index in [-0.39, 0.29) is 0 Å². The maximum absolute atomic E-state index is 11.9. The Labute approximate surface area is 128 Å². The highest BCUT2D eigenvalue weighted by molar-refractivity contribution is 6.31. The van der Waals surface area contributed by atoms with Crippen LogP contribution < -0.4 is 5.32 Å². The molecular weight excluding hydrogens is 286 g/mol. The fraction of sp³-hybridized carbons (Fsp3) is 0.235. The molecule has 0 aliphatic heterocycles. The molecule has 0 spiro atoms. The summed E-state index contributed by atoms with van der Waals surface area (Å²) in [6.45, 7) is 1.89. The van der Waals surface area contributed by atoms with Crippen molar-refractivity contribution in [3.63, 3.8) is 0 Å². The molecule has 0 amide bonds. The highest BCUT2D eigenvalue weighted by atomic mass is 35.5. The van der Waals surface area contributed by atoms with Gasteiger partial charge in [0.15, 0.2) is 0 Å². The fourth-order valence-electron chi connectivity index (χ4n) is 2.91. The summed E-state index contributed by atoms with van der Waals surface area (Å²) >= 11 is 6.13. The molecule has 2 N–H and O–H groups in total. The maximum atomic E-state index is 11.9. The summed E-state index contributed by atoms with van der Waals surface area (Å²) in [5.41, 5.74) is 2.83. The molecule has 0 radical (unpaired) electrons. The van der Waals surface area contributed by atoms with E-state index in [0.717, 1.165) is 22.4 Å². The van der Waals surface area contributed by atoms with Gasteiger partial charge in [0.2, 0.25) is 0 Å². The van der Waals surface area contributed by atoms with E-state index in [0.29, 0.717) is 17.9 Å². The predicted octanol–water partition coefficient (Wildman–Crippen LogP) is 3.68. The van der Waals surface area contributed by atoms with Crippen LogP contribution >= 0.6 is 11.6 Å². The van der Waals surface area contributed by atoms with E-state index >= 15 is 0 Å². The highest BCUT2D eigenvalue weighted by Crippen LogP contribution is 2.35. The van der Waals surface area contributed by atoms with Gasteiger partial charge < -0.3 is 10.4 Å². The number of carboxylic acids is 1. The van der Waals surface area contributed by atoms with E-state index in [2.05, 4.69) is 5.32 Å². The number of hydrogen-bond acceptors (Lipinski definition) is 2. The quantitative estimate of drug-likeness (QED) is 0.909. The fourth-order valence-corrected chi connectivity index (χ4v) is 3.08. The molecule has 0 fully saturated rings. The Bertz CT molecular complexity index is 687. The Balaban J connectivity index is 1.98. The van der Waals surface area contributed by atoms with E-state index in [9.17, 15) is 9.90 Å². The monoisotopic (exact) mass is 301 g/mol. The first-order chi connectivity index (χ1) is 10.0. The molecule has 1 aliphatic carbocycles. The number of benzene rings is 2. The summed E-state index contributed by atoms with van der Waals surface area (Å²) in [7, 11) is 0. The molecule has 0 atom stereocenters. The first-order valence-electron chi connectivity index (χ1n) is 6.85. The van der Waals surface area contributed by atoms with E-state index in [4.69, 9.17) is 11.6 Å². The van der Waals surface area contributed by atoms with Crippen LogP contribution in [0, 0.1) is 6.92 Å². The van der Waals surface area contributed by atoms with Crippen LogP contribution in [0.5, 0.6) is 0 Å². The van der Waals surface area contributed by atoms with Crippen LogP contribution in [0.25, 0.3) is 0 Å². The van der Waals surface area contributed by atoms with Crippen molar-refractivity contribution in [2.75, 3.05) is 5.32 Å². The van der Waals surface area contributed by atoms with E-state index in [1.54, 1.807) is 6.07 Å². The van der Waals surface area contributed by atoms with Crippen molar-refractivity contribution in [3.8, 4) is 0 Å². The second-order valence-corrected chi connectivity index (χ2v) is 5.95. The molecule has 3 nitrogen and oxygen atoms in total. The summed E-state index contributed by atoms with van der Waals surface area (Å²) in [6.07, 6.45) is 0.953. The Morgan fingerprint density at radius 1 is 1.14 bits per heavy atom. The molecule has 0 heterocycles. The zero-order chi connectivity index (χ0) is 15.0. The van der Waals surface area contributed by atoms with Crippen LogP contribution in [-0.2, 0) is 17.6 Å². The van der Waals surface area contributed by atoms with Crippen molar-refractivity contribution in [2.45, 2.75) is 25.3 Å². The average molecular weight is 302 g/mol. The normalized spacial score (nSPS) is 15.5. The van der Waals surface area contributed by atoms with Gasteiger partial charge in [-0.05, 0) is 35.7 Å². The maximum Gasteiger partial charge on any atom is 0.330 e. The molecule has 3 rings (SSSR count). The number of carboxylic acid groups (broad SMARTS) is 1. The van der Waals surface area contributed by atoms with Crippen molar-refractivity contribution >= 4 is 23.3 Å². The van der Waals surface area contributed by atoms with Gasteiger partial charge in [0.05, 0.1) is 0 Å². The van der Waals surface area contributed by atoms with Crippen LogP contribution in [-0.4, -0.2) is 16.6 Å². The summed E-state index contributed by atoms with van der Waals surface area (Å²) in [4.78, 5) is 11.9. The summed E-state index contributed by atoms with van der Waals surface area (Å²) in [5, 5.41) is 13.6. The van der Waals surface area contributed by atoms with Gasteiger partial charge in [-0.2, -0.15) is 0 Å². The van der Waals surface area contributed by atoms with Gasteiger partial charge in [-0.25, -0.2) is 4.79 Å². The topological polar surface area (TPSA) is 49.3 Å². The number of nitrogens with one attached hydrogen (secondary N) is 1. The second-order valence-electron chi connectivity index (χ2n) is 5.55. The third kappa shape index (κ3) is 2.38. The van der Waals surface area contributed by atoms with Crippen LogP contribution in [0.1, 0.15) is 16.7 Å². The molecule has 1 aliphatic rings. The van der Waals surface area contributed by atoms with Crippen LogP contribution in [0.4, 0.5) is 5.69 Å². The number of anilines is 1. The van der Waals surface area contributed by atoms with Crippen molar-refractivity contribution in [3.05, 3.63) is 64.2 Å². The molecular formula is C17H16ClNO2. The minimum atomic E-state index is -1.00. The Morgan fingerprint density at radius 3 is 2.33 bits per heavy atom. The van der Waals surface area contributed by atoms with Gasteiger partial charge in [-0.3, -0.25) is 0 Å². The SMILES string of the molecule is Cc1c(Cl)cccc1NC1(C(=O)O)Cc2ccccc2C1. The minimum Gasteiger partial charge on any atom is -0.479 e. The number of halogens is 1. The zero-order valence-corrected chi connectivity index (χ0v) is 12.4. The molecule has 21 heavy (non-hydrogen) atoms. The molecule has 0 bridgehead atoms. The summed E-state index contributed by atoms with van der Waals surface area (Å²) in [5.74, 6) is -0.835. The lowest BCUT2D eigenvalue weighted by atomic mass is 9.94. The molecule has 0 saturated carbocycles. The molecule has 0 aromatic heterocycles. The minimum absolute atomic E-state index is 0.477. The lowest BCUT2D eigenvalue weighted by Crippen LogP contribution is -2.47. The molecule has 0 saturated heterocycles. The Hall–Kier alpha value is -2.00. The standard InChI is InChI=1S/C17H16ClNO2/c1-11-14(18)7-4-8-15(11)19-17(16(20)21)9-12-5-2-3-6-13(12)10-17/h2-8,19H,9-10H2,1H3,(H,20,21). The highest BCUT2D eigenvalue weighted by Gasteiger charge is 2.44. The Kier molecular flexibility index (Phi) is 3.38. The second kappa shape index (κ2) is 5.08. The van der Waals surface area contributed by atoms with E-state index in [1.807, 2.05) is 43.3 Å². The summed E-state index contributed by atoms with van der Waals surface area (Å²) in [6, 6.07) is 13.4. The smallest absolute Gasteiger partial charge is 0.330 e. The first-order valence-corrected chi connectivity index (χ1v) is 7.23. The summed E-state index contributed by atoms with van der Waals surface area (Å²) < 4.78 is 0. The van der Waals surface area contributed by atoms with Crippen LogP contribution in [0.15, 0.2) is 42.5 Å². The van der Waals surface area contributed by atoms with Gasteiger partial charge in [0.25, 0.3) is 0 Å². The predicted molar refractivity (Wildman–Crippen MR) is 84.0 cm³/mol. The molecule has 0 unspecified atom stereocenters. The van der Waals surface area contributed by atoms with Crippen LogP contribution in [0.3, 0.4) is 0 Å². The lowest BCUT2D eigenvalue weighted by Gasteiger charge is -2.28. The van der Waals surface area contributed by atoms with Gasteiger partial charge in [-0.15, -0.1) is 0 Å². The number of rotatable bonds is 3. The molecule has 108 valence electrons. The van der Waals surface area contributed by atoms with E-state index in [1.165, 1.54) is 0 Å². The molecule has 2 aromatic rings. The third-order valence-electron chi connectivity index (χ3n) is 4.15. The van der Waals surface area contributed by atoms with Crippen molar-refractivity contribution in [1.29, 1.82) is 0 Å². The van der Waals surface area contributed by atoms with Gasteiger partial charge in [0.1, 0.15) is 5.54 Å². The van der Waals surface area contributed by atoms with Gasteiger partial charge in [-0.1, -0.05) is 41.9 Å². The van der Waals surface area contributed by atoms with Crippen molar-refractivity contribution in [1.82, 2.24) is 0 Å². The number of hydrogen-bond donors (Lipinski definition) is 2. The van der Waals surface area contributed by atoms with Crippen molar-refractivity contribution < 1.29 is 9.90 Å². The largest absolute Gasteiger partial charge is 0.479 e. The number of fused-ring (bicyclic) bond motifs is 1. The number of carbonyl (C=O) groups is 1. The molecule has 4 heteroatoms. The lowest BCUT2D eigenvalue weighted by molar-refractivity contribution is -0.142. The Morgan fingerprint density at radius 2 is 1.76 bits per heavy atom. The zero-order valence-electron chi connectivity index (χ0n) is 11.7. The third-order valence-corrected chi connectivity index (χ3v) is 4.56. The number of aliphatic carboxylic acids is 1. The first kappa shape index (κ1) is 14.0. The molecule has 2 aromatic carbocycles. The van der Waals surface area contributed by atoms with E-state index < -0.39 is 11.5 Å². The van der Waals surface area contributed by atoms with Gasteiger partial charge in [0, 0.05) is 23.6 Å². The van der Waals surface area contributed by atoms with Crippen molar-refractivity contribution in [2.24, 2.45) is 0 Å². The van der Waals surface area contributed by atoms with Gasteiger partial charge >= 0.3 is 5.97 Å². The van der Waals surface area contributed by atoms with Crippen LogP contribution in [0.2, 0.25) is 5.02 Å². The average Bonchev–Trinajstić information content (AvgIpc) is 2.83.